The molecule has 2 aromatic rings. The average molecular weight is 272 g/mol. The number of likely N-dealkylation sites (tertiary alicyclic amines) is 1. The van der Waals surface area contributed by atoms with Gasteiger partial charge in [0.25, 0.3) is 5.91 Å². The van der Waals surface area contributed by atoms with Crippen molar-refractivity contribution >= 4 is 11.7 Å². The molecular weight excluding hydrogens is 256 g/mol. The molecule has 0 aliphatic carbocycles. The zero-order valence-electron chi connectivity index (χ0n) is 11.1. The highest BCUT2D eigenvalue weighted by atomic mass is 16.3. The van der Waals surface area contributed by atoms with Gasteiger partial charge in [-0.15, -0.1) is 0 Å². The van der Waals surface area contributed by atoms with Gasteiger partial charge in [0, 0.05) is 19.2 Å². The Balaban J connectivity index is 1.67. The van der Waals surface area contributed by atoms with E-state index in [0.717, 1.165) is 31.7 Å². The van der Waals surface area contributed by atoms with Crippen LogP contribution in [0, 0.1) is 0 Å². The van der Waals surface area contributed by atoms with E-state index in [4.69, 9.17) is 4.42 Å². The number of hydrogen-bond acceptors (Lipinski definition) is 5. The first kappa shape index (κ1) is 12.7. The van der Waals surface area contributed by atoms with Crippen molar-refractivity contribution < 1.29 is 9.21 Å². The topological polar surface area (TPSA) is 71.3 Å². The highest BCUT2D eigenvalue weighted by molar-refractivity contribution is 5.93. The van der Waals surface area contributed by atoms with Gasteiger partial charge in [-0.2, -0.15) is 0 Å². The summed E-state index contributed by atoms with van der Waals surface area (Å²) in [6.45, 7) is 2.16. The molecule has 1 fully saturated rings. The summed E-state index contributed by atoms with van der Waals surface area (Å²) in [6.07, 6.45) is 5.17. The molecular formula is C14H16N4O2. The lowest BCUT2D eigenvalue weighted by atomic mass is 10.3. The average Bonchev–Trinajstić information content (AvgIpc) is 3.18. The molecule has 20 heavy (non-hydrogen) atoms. The minimum Gasteiger partial charge on any atom is -0.467 e. The Kier molecular flexibility index (Phi) is 3.62. The van der Waals surface area contributed by atoms with E-state index in [1.807, 2.05) is 17.0 Å². The van der Waals surface area contributed by atoms with Crippen LogP contribution in [0.15, 0.2) is 35.2 Å². The fraction of sp³-hybridized carbons (Fsp3) is 0.357. The van der Waals surface area contributed by atoms with Gasteiger partial charge in [-0.05, 0) is 25.0 Å². The lowest BCUT2D eigenvalue weighted by Gasteiger charge is -2.14. The number of aromatic nitrogens is 2. The second-order valence-electron chi connectivity index (χ2n) is 4.72. The predicted octanol–water partition coefficient (Wildman–Crippen LogP) is 1.92. The first-order valence-electron chi connectivity index (χ1n) is 6.70. The number of carbonyl (C=O) groups excluding carboxylic acids is 1. The second-order valence-corrected chi connectivity index (χ2v) is 4.72. The molecule has 1 aliphatic rings. The van der Waals surface area contributed by atoms with Gasteiger partial charge in [0.1, 0.15) is 23.6 Å². The molecule has 3 rings (SSSR count). The first-order chi connectivity index (χ1) is 9.83. The summed E-state index contributed by atoms with van der Waals surface area (Å²) in [4.78, 5) is 22.2. The minimum absolute atomic E-state index is 0.0223. The Morgan fingerprint density at radius 1 is 1.35 bits per heavy atom. The van der Waals surface area contributed by atoms with E-state index < -0.39 is 0 Å². The van der Waals surface area contributed by atoms with Crippen LogP contribution in [0.25, 0.3) is 0 Å². The zero-order chi connectivity index (χ0) is 13.8. The van der Waals surface area contributed by atoms with Crippen LogP contribution in [0.1, 0.15) is 29.1 Å². The molecule has 1 amide bonds. The maximum absolute atomic E-state index is 12.2. The number of amides is 1. The third-order valence-electron chi connectivity index (χ3n) is 3.30. The number of furan rings is 1. The van der Waals surface area contributed by atoms with Gasteiger partial charge in [-0.3, -0.25) is 4.79 Å². The van der Waals surface area contributed by atoms with E-state index >= 15 is 0 Å². The van der Waals surface area contributed by atoms with E-state index in [9.17, 15) is 4.79 Å². The molecule has 1 N–H and O–H groups in total. The highest BCUT2D eigenvalue weighted by Gasteiger charge is 2.20. The van der Waals surface area contributed by atoms with Crippen molar-refractivity contribution in [3.8, 4) is 0 Å². The van der Waals surface area contributed by atoms with Crippen LogP contribution >= 0.6 is 0 Å². The van der Waals surface area contributed by atoms with Crippen LogP contribution in [0.3, 0.4) is 0 Å². The third-order valence-corrected chi connectivity index (χ3v) is 3.30. The van der Waals surface area contributed by atoms with Crippen LogP contribution in [-0.4, -0.2) is 33.9 Å². The van der Waals surface area contributed by atoms with Crippen molar-refractivity contribution in [3.05, 3.63) is 42.2 Å². The van der Waals surface area contributed by atoms with Crippen LogP contribution in [0.4, 0.5) is 5.82 Å². The predicted molar refractivity (Wildman–Crippen MR) is 73.2 cm³/mol. The highest BCUT2D eigenvalue weighted by Crippen LogP contribution is 2.13. The second kappa shape index (κ2) is 5.73. The molecule has 0 aromatic carbocycles. The normalized spacial score (nSPS) is 14.5. The number of carbonyl (C=O) groups is 1. The van der Waals surface area contributed by atoms with Gasteiger partial charge in [-0.1, -0.05) is 0 Å². The number of anilines is 1. The van der Waals surface area contributed by atoms with Gasteiger partial charge >= 0.3 is 0 Å². The largest absolute Gasteiger partial charge is 0.467 e. The molecule has 6 nitrogen and oxygen atoms in total. The molecule has 0 saturated carbocycles. The maximum Gasteiger partial charge on any atom is 0.272 e. The van der Waals surface area contributed by atoms with Gasteiger partial charge in [0.2, 0.25) is 0 Å². The van der Waals surface area contributed by atoms with Crippen LogP contribution in [0.5, 0.6) is 0 Å². The standard InChI is InChI=1S/C14H16N4O2/c19-14(18-5-1-2-6-18)12-8-13(17-10-16-12)15-9-11-4-3-7-20-11/h3-4,7-8,10H,1-2,5-6,9H2,(H,15,16,17). The Bertz CT molecular complexity index is 577. The lowest BCUT2D eigenvalue weighted by molar-refractivity contribution is 0.0787. The lowest BCUT2D eigenvalue weighted by Crippen LogP contribution is -2.28. The van der Waals surface area contributed by atoms with E-state index in [1.165, 1.54) is 6.33 Å². The molecule has 1 aliphatic heterocycles. The first-order valence-corrected chi connectivity index (χ1v) is 6.70. The van der Waals surface area contributed by atoms with Crippen molar-refractivity contribution in [3.63, 3.8) is 0 Å². The van der Waals surface area contributed by atoms with E-state index in [0.29, 0.717) is 18.1 Å². The van der Waals surface area contributed by atoms with Crippen molar-refractivity contribution in [2.45, 2.75) is 19.4 Å². The van der Waals surface area contributed by atoms with E-state index in [2.05, 4.69) is 15.3 Å². The van der Waals surface area contributed by atoms with Crippen LogP contribution in [-0.2, 0) is 6.54 Å². The monoisotopic (exact) mass is 272 g/mol. The smallest absolute Gasteiger partial charge is 0.272 e. The molecule has 0 unspecified atom stereocenters. The number of hydrogen-bond donors (Lipinski definition) is 1. The molecule has 6 heteroatoms. The van der Waals surface area contributed by atoms with Gasteiger partial charge in [0.15, 0.2) is 0 Å². The summed E-state index contributed by atoms with van der Waals surface area (Å²) in [5.74, 6) is 1.42. The molecule has 2 aromatic heterocycles. The van der Waals surface area contributed by atoms with Crippen molar-refractivity contribution in [1.82, 2.24) is 14.9 Å². The fourth-order valence-corrected chi connectivity index (χ4v) is 2.24. The van der Waals surface area contributed by atoms with Crippen molar-refractivity contribution in [2.75, 3.05) is 18.4 Å². The van der Waals surface area contributed by atoms with Crippen LogP contribution < -0.4 is 5.32 Å². The summed E-state index contributed by atoms with van der Waals surface area (Å²) in [5, 5.41) is 3.12. The Labute approximate surface area is 116 Å². The Morgan fingerprint density at radius 3 is 2.95 bits per heavy atom. The molecule has 104 valence electrons. The minimum atomic E-state index is -0.0223. The molecule has 0 bridgehead atoms. The third kappa shape index (κ3) is 2.79. The Morgan fingerprint density at radius 2 is 2.20 bits per heavy atom. The molecule has 0 spiro atoms. The van der Waals surface area contributed by atoms with E-state index in [1.54, 1.807) is 12.3 Å². The zero-order valence-corrected chi connectivity index (χ0v) is 11.1. The summed E-state index contributed by atoms with van der Waals surface area (Å²) in [6, 6.07) is 5.40. The number of nitrogens with zero attached hydrogens (tertiary/aromatic N) is 3. The summed E-state index contributed by atoms with van der Waals surface area (Å²) >= 11 is 0. The molecule has 0 atom stereocenters. The Hall–Kier alpha value is -2.37. The quantitative estimate of drug-likeness (QED) is 0.920. The van der Waals surface area contributed by atoms with Gasteiger partial charge in [-0.25, -0.2) is 9.97 Å². The van der Waals surface area contributed by atoms with Crippen molar-refractivity contribution in [2.24, 2.45) is 0 Å². The summed E-state index contributed by atoms with van der Waals surface area (Å²) in [7, 11) is 0. The summed E-state index contributed by atoms with van der Waals surface area (Å²) < 4.78 is 5.23. The maximum atomic E-state index is 12.2. The van der Waals surface area contributed by atoms with Crippen LogP contribution in [0.2, 0.25) is 0 Å². The number of rotatable bonds is 4. The van der Waals surface area contributed by atoms with Gasteiger partial charge < -0.3 is 14.6 Å². The number of nitrogens with one attached hydrogen (secondary N) is 1. The SMILES string of the molecule is O=C(c1cc(NCc2ccco2)ncn1)N1CCCC1. The van der Waals surface area contributed by atoms with E-state index in [-0.39, 0.29) is 5.91 Å². The van der Waals surface area contributed by atoms with Crippen molar-refractivity contribution in [1.29, 1.82) is 0 Å². The van der Waals surface area contributed by atoms with Gasteiger partial charge in [0.05, 0.1) is 12.8 Å². The molecule has 1 saturated heterocycles. The summed E-state index contributed by atoms with van der Waals surface area (Å²) in [5.41, 5.74) is 0.434. The fourth-order valence-electron chi connectivity index (χ4n) is 2.24. The molecule has 0 radical (unpaired) electrons. The molecule has 3 heterocycles.